The van der Waals surface area contributed by atoms with E-state index in [9.17, 15) is 0 Å². The van der Waals surface area contributed by atoms with Gasteiger partial charge in [-0.3, -0.25) is 4.90 Å². The van der Waals surface area contributed by atoms with E-state index in [1.165, 1.54) is 12.8 Å². The Morgan fingerprint density at radius 1 is 1.44 bits per heavy atom. The quantitative estimate of drug-likeness (QED) is 0.878. The molecule has 1 saturated carbocycles. The number of nitrogens with one attached hydrogen (secondary N) is 1. The Morgan fingerprint density at radius 2 is 2.28 bits per heavy atom. The van der Waals surface area contributed by atoms with Gasteiger partial charge in [-0.25, -0.2) is 4.98 Å². The molecule has 0 bridgehead atoms. The largest absolute Gasteiger partial charge is 0.359 e. The molecule has 0 spiro atoms. The number of likely N-dealkylation sites (tertiary alicyclic amines) is 1. The molecule has 99 valence electrons. The van der Waals surface area contributed by atoms with E-state index in [-0.39, 0.29) is 5.66 Å². The van der Waals surface area contributed by atoms with Crippen LogP contribution in [0.5, 0.6) is 0 Å². The molecule has 3 N–H and O–H groups in total. The van der Waals surface area contributed by atoms with Crippen molar-refractivity contribution < 1.29 is 0 Å². The number of thiazole rings is 1. The fraction of sp³-hybridized carbons (Fsp3) is 0.692. The van der Waals surface area contributed by atoms with Crippen LogP contribution in [0.15, 0.2) is 11.6 Å². The summed E-state index contributed by atoms with van der Waals surface area (Å²) in [6, 6.07) is 0.496. The molecule has 0 amide bonds. The lowest BCUT2D eigenvalue weighted by Gasteiger charge is -2.43. The summed E-state index contributed by atoms with van der Waals surface area (Å²) in [6.07, 6.45) is 9.97. The van der Waals surface area contributed by atoms with Crippen molar-refractivity contribution in [2.24, 2.45) is 5.73 Å². The minimum absolute atomic E-state index is 0.155. The molecule has 1 aliphatic heterocycles. The van der Waals surface area contributed by atoms with Crippen LogP contribution in [0, 0.1) is 6.42 Å². The average Bonchev–Trinajstić information content (AvgIpc) is 3.04. The first kappa shape index (κ1) is 12.4. The number of rotatable bonds is 3. The Hall–Kier alpha value is -0.650. The van der Waals surface area contributed by atoms with E-state index in [0.29, 0.717) is 6.04 Å². The molecule has 1 saturated heterocycles. The molecule has 1 aliphatic carbocycles. The summed E-state index contributed by atoms with van der Waals surface area (Å²) in [5.41, 5.74) is 6.37. The van der Waals surface area contributed by atoms with E-state index < -0.39 is 0 Å². The Bertz CT molecular complexity index is 364. The SMILES string of the molecule is N[C@]1(N2CCCC2)[CH]C[C@H](Nc2nccs2)CC1. The maximum Gasteiger partial charge on any atom is 0.182 e. The predicted molar refractivity (Wildman–Crippen MR) is 75.4 cm³/mol. The van der Waals surface area contributed by atoms with E-state index in [1.54, 1.807) is 11.3 Å². The van der Waals surface area contributed by atoms with E-state index >= 15 is 0 Å². The molecule has 4 nitrogen and oxygen atoms in total. The van der Waals surface area contributed by atoms with Crippen LogP contribution in [-0.2, 0) is 0 Å². The standard InChI is InChI=1S/C13H21N4S/c14-13(17-8-1-2-9-17)5-3-11(4-6-13)16-12-15-7-10-18-12/h5,7,10-11H,1-4,6,8-9,14H2,(H,15,16)/t11-,13-/m0/s1. The Morgan fingerprint density at radius 3 is 2.89 bits per heavy atom. The van der Waals surface area contributed by atoms with Crippen molar-refractivity contribution in [1.82, 2.24) is 9.88 Å². The van der Waals surface area contributed by atoms with Crippen LogP contribution in [0.2, 0.25) is 0 Å². The number of hydrogen-bond donors (Lipinski definition) is 2. The highest BCUT2D eigenvalue weighted by Gasteiger charge is 2.38. The zero-order valence-corrected chi connectivity index (χ0v) is 11.5. The van der Waals surface area contributed by atoms with Gasteiger partial charge in [0.15, 0.2) is 5.13 Å². The smallest absolute Gasteiger partial charge is 0.182 e. The minimum atomic E-state index is -0.155. The van der Waals surface area contributed by atoms with Gasteiger partial charge in [0.25, 0.3) is 0 Å². The first-order valence-electron chi connectivity index (χ1n) is 6.81. The van der Waals surface area contributed by atoms with Crippen LogP contribution in [-0.4, -0.2) is 34.7 Å². The molecule has 2 atom stereocenters. The third kappa shape index (κ3) is 2.53. The molecular weight excluding hydrogens is 244 g/mol. The number of aromatic nitrogens is 1. The number of hydrogen-bond acceptors (Lipinski definition) is 5. The number of anilines is 1. The van der Waals surface area contributed by atoms with Gasteiger partial charge in [0.1, 0.15) is 0 Å². The van der Waals surface area contributed by atoms with Crippen LogP contribution in [0.4, 0.5) is 5.13 Å². The Balaban J connectivity index is 1.54. The lowest BCUT2D eigenvalue weighted by atomic mass is 9.85. The second-order valence-corrected chi connectivity index (χ2v) is 6.24. The zero-order chi connectivity index (χ0) is 12.4. The minimum Gasteiger partial charge on any atom is -0.359 e. The normalized spacial score (nSPS) is 33.7. The molecule has 2 fully saturated rings. The summed E-state index contributed by atoms with van der Waals surface area (Å²) in [7, 11) is 0. The second-order valence-electron chi connectivity index (χ2n) is 5.34. The van der Waals surface area contributed by atoms with Gasteiger partial charge in [-0.05, 0) is 51.6 Å². The highest BCUT2D eigenvalue weighted by Crippen LogP contribution is 2.32. The lowest BCUT2D eigenvalue weighted by molar-refractivity contribution is 0.120. The van der Waals surface area contributed by atoms with E-state index in [1.807, 2.05) is 11.6 Å². The van der Waals surface area contributed by atoms with E-state index in [4.69, 9.17) is 5.73 Å². The summed E-state index contributed by atoms with van der Waals surface area (Å²) in [6.45, 7) is 2.33. The zero-order valence-electron chi connectivity index (χ0n) is 10.6. The van der Waals surface area contributed by atoms with Gasteiger partial charge in [-0.15, -0.1) is 11.3 Å². The van der Waals surface area contributed by atoms with Gasteiger partial charge in [0.2, 0.25) is 0 Å². The molecular formula is C13H21N4S. The molecule has 2 heterocycles. The van der Waals surface area contributed by atoms with Crippen molar-refractivity contribution in [1.29, 1.82) is 0 Å². The van der Waals surface area contributed by atoms with Gasteiger partial charge >= 0.3 is 0 Å². The van der Waals surface area contributed by atoms with E-state index in [2.05, 4.69) is 21.6 Å². The van der Waals surface area contributed by atoms with Gasteiger partial charge in [-0.1, -0.05) is 0 Å². The molecule has 1 aromatic rings. The molecule has 5 heteroatoms. The third-order valence-corrected chi connectivity index (χ3v) is 4.81. The lowest BCUT2D eigenvalue weighted by Crippen LogP contribution is -2.58. The Kier molecular flexibility index (Phi) is 3.54. The van der Waals surface area contributed by atoms with Crippen LogP contribution in [0.3, 0.4) is 0 Å². The highest BCUT2D eigenvalue weighted by atomic mass is 32.1. The van der Waals surface area contributed by atoms with Crippen LogP contribution >= 0.6 is 11.3 Å². The van der Waals surface area contributed by atoms with Gasteiger partial charge < -0.3 is 11.1 Å². The maximum absolute atomic E-state index is 6.53. The maximum atomic E-state index is 6.53. The summed E-state index contributed by atoms with van der Waals surface area (Å²) in [5.74, 6) is 0. The molecule has 1 radical (unpaired) electrons. The second kappa shape index (κ2) is 5.15. The fourth-order valence-corrected chi connectivity index (χ4v) is 3.60. The predicted octanol–water partition coefficient (Wildman–Crippen LogP) is 2.06. The third-order valence-electron chi connectivity index (χ3n) is 4.10. The topological polar surface area (TPSA) is 54.2 Å². The van der Waals surface area contributed by atoms with Crippen molar-refractivity contribution >= 4 is 16.5 Å². The first-order valence-corrected chi connectivity index (χ1v) is 7.69. The number of nitrogens with zero attached hydrogens (tertiary/aromatic N) is 2. The number of nitrogens with two attached hydrogens (primary N) is 1. The summed E-state index contributed by atoms with van der Waals surface area (Å²) in [5, 5.41) is 6.52. The van der Waals surface area contributed by atoms with Crippen LogP contribution < -0.4 is 11.1 Å². The molecule has 2 aliphatic rings. The average molecular weight is 265 g/mol. The van der Waals surface area contributed by atoms with Gasteiger partial charge in [0.05, 0.1) is 5.66 Å². The first-order chi connectivity index (χ1) is 8.76. The molecule has 0 aromatic carbocycles. The fourth-order valence-electron chi connectivity index (χ4n) is 2.99. The van der Waals surface area contributed by atoms with Gasteiger partial charge in [-0.2, -0.15) is 0 Å². The summed E-state index contributed by atoms with van der Waals surface area (Å²) >= 11 is 1.66. The molecule has 1 aromatic heterocycles. The van der Waals surface area contributed by atoms with Crippen molar-refractivity contribution in [3.05, 3.63) is 18.0 Å². The summed E-state index contributed by atoms with van der Waals surface area (Å²) < 4.78 is 0. The molecule has 0 unspecified atom stereocenters. The van der Waals surface area contributed by atoms with Crippen LogP contribution in [0.1, 0.15) is 32.1 Å². The van der Waals surface area contributed by atoms with Crippen molar-refractivity contribution in [2.75, 3.05) is 18.4 Å². The van der Waals surface area contributed by atoms with Gasteiger partial charge in [0, 0.05) is 17.6 Å². The molecule has 18 heavy (non-hydrogen) atoms. The monoisotopic (exact) mass is 265 g/mol. The Labute approximate surface area is 113 Å². The highest BCUT2D eigenvalue weighted by molar-refractivity contribution is 7.13. The summed E-state index contributed by atoms with van der Waals surface area (Å²) in [4.78, 5) is 6.73. The van der Waals surface area contributed by atoms with Crippen LogP contribution in [0.25, 0.3) is 0 Å². The van der Waals surface area contributed by atoms with Crippen molar-refractivity contribution in [3.8, 4) is 0 Å². The van der Waals surface area contributed by atoms with Crippen molar-refractivity contribution in [3.63, 3.8) is 0 Å². The van der Waals surface area contributed by atoms with E-state index in [0.717, 1.165) is 37.5 Å². The van der Waals surface area contributed by atoms with Crippen molar-refractivity contribution in [2.45, 2.75) is 43.8 Å². The molecule has 3 rings (SSSR count).